The number of hydrogen-bond donors (Lipinski definition) is 1. The Labute approximate surface area is 123 Å². The normalized spacial score (nSPS) is 11.8. The molecule has 0 aliphatic rings. The smallest absolute Gasteiger partial charge is 0.226 e. The Morgan fingerprint density at radius 2 is 2.19 bits per heavy atom. The highest BCUT2D eigenvalue weighted by molar-refractivity contribution is 5.92. The van der Waals surface area contributed by atoms with Crippen LogP contribution in [0.3, 0.4) is 0 Å². The predicted molar refractivity (Wildman–Crippen MR) is 79.7 cm³/mol. The summed E-state index contributed by atoms with van der Waals surface area (Å²) in [6.45, 7) is 1.94. The summed E-state index contributed by atoms with van der Waals surface area (Å²) in [7, 11) is 3.14. The lowest BCUT2D eigenvalue weighted by Gasteiger charge is -2.14. The van der Waals surface area contributed by atoms with Crippen LogP contribution in [0.2, 0.25) is 0 Å². The van der Waals surface area contributed by atoms with Crippen LogP contribution in [-0.2, 0) is 4.79 Å². The molecule has 6 heteroatoms. The third-order valence-electron chi connectivity index (χ3n) is 3.14. The molecule has 0 fully saturated rings. The van der Waals surface area contributed by atoms with Crippen LogP contribution in [0.5, 0.6) is 11.5 Å². The number of nitrogens with zero attached hydrogens (tertiary/aromatic N) is 2. The SMILES string of the molecule is COc1ccc(OC)c(NC(=O)CC(C)n2cccn2)c1. The molecule has 1 unspecified atom stereocenters. The van der Waals surface area contributed by atoms with E-state index in [1.54, 1.807) is 43.3 Å². The maximum Gasteiger partial charge on any atom is 0.226 e. The summed E-state index contributed by atoms with van der Waals surface area (Å²) in [5.41, 5.74) is 0.592. The van der Waals surface area contributed by atoms with Crippen LogP contribution in [0.15, 0.2) is 36.7 Å². The molecule has 112 valence electrons. The van der Waals surface area contributed by atoms with Crippen molar-refractivity contribution in [3.63, 3.8) is 0 Å². The van der Waals surface area contributed by atoms with Gasteiger partial charge in [-0.05, 0) is 25.1 Å². The number of benzene rings is 1. The van der Waals surface area contributed by atoms with Gasteiger partial charge in [-0.2, -0.15) is 5.10 Å². The molecule has 2 aromatic rings. The summed E-state index contributed by atoms with van der Waals surface area (Å²) in [6.07, 6.45) is 3.85. The Kier molecular flexibility index (Phi) is 4.81. The molecule has 0 bridgehead atoms. The minimum Gasteiger partial charge on any atom is -0.497 e. The van der Waals surface area contributed by atoms with Gasteiger partial charge in [0.15, 0.2) is 0 Å². The third-order valence-corrected chi connectivity index (χ3v) is 3.14. The monoisotopic (exact) mass is 289 g/mol. The van der Waals surface area contributed by atoms with Crippen LogP contribution in [0.4, 0.5) is 5.69 Å². The fraction of sp³-hybridized carbons (Fsp3) is 0.333. The molecule has 2 rings (SSSR count). The van der Waals surface area contributed by atoms with E-state index in [1.165, 1.54) is 0 Å². The van der Waals surface area contributed by atoms with Gasteiger partial charge in [-0.15, -0.1) is 0 Å². The Balaban J connectivity index is 2.05. The van der Waals surface area contributed by atoms with Crippen LogP contribution < -0.4 is 14.8 Å². The number of methoxy groups -OCH3 is 2. The van der Waals surface area contributed by atoms with Gasteiger partial charge in [-0.25, -0.2) is 0 Å². The average molecular weight is 289 g/mol. The number of rotatable bonds is 6. The second-order valence-electron chi connectivity index (χ2n) is 4.65. The molecule has 21 heavy (non-hydrogen) atoms. The fourth-order valence-electron chi connectivity index (χ4n) is 2.02. The van der Waals surface area contributed by atoms with Gasteiger partial charge in [0.05, 0.1) is 25.9 Å². The van der Waals surface area contributed by atoms with Gasteiger partial charge >= 0.3 is 0 Å². The third kappa shape index (κ3) is 3.75. The van der Waals surface area contributed by atoms with E-state index in [4.69, 9.17) is 9.47 Å². The van der Waals surface area contributed by atoms with E-state index in [2.05, 4.69) is 10.4 Å². The summed E-state index contributed by atoms with van der Waals surface area (Å²) in [4.78, 5) is 12.1. The molecular formula is C15H19N3O3. The summed E-state index contributed by atoms with van der Waals surface area (Å²) < 4.78 is 12.1. The van der Waals surface area contributed by atoms with Crippen LogP contribution in [0, 0.1) is 0 Å². The Bertz CT molecular complexity index is 596. The molecular weight excluding hydrogens is 270 g/mol. The lowest BCUT2D eigenvalue weighted by molar-refractivity contribution is -0.116. The molecule has 1 aromatic heterocycles. The van der Waals surface area contributed by atoms with Gasteiger partial charge in [-0.1, -0.05) is 0 Å². The number of amides is 1. The number of anilines is 1. The fourth-order valence-corrected chi connectivity index (χ4v) is 2.02. The van der Waals surface area contributed by atoms with Crippen molar-refractivity contribution in [2.24, 2.45) is 0 Å². The maximum absolute atomic E-state index is 12.1. The number of hydrogen-bond acceptors (Lipinski definition) is 4. The van der Waals surface area contributed by atoms with Crippen LogP contribution in [0.1, 0.15) is 19.4 Å². The lowest BCUT2D eigenvalue weighted by atomic mass is 10.2. The van der Waals surface area contributed by atoms with Crippen molar-refractivity contribution in [2.45, 2.75) is 19.4 Å². The molecule has 1 N–H and O–H groups in total. The quantitative estimate of drug-likeness (QED) is 0.887. The molecule has 1 atom stereocenters. The molecule has 0 radical (unpaired) electrons. The van der Waals surface area contributed by atoms with E-state index >= 15 is 0 Å². The van der Waals surface area contributed by atoms with E-state index in [0.717, 1.165) is 0 Å². The van der Waals surface area contributed by atoms with Crippen molar-refractivity contribution >= 4 is 11.6 Å². The minimum absolute atomic E-state index is 0.0170. The first-order valence-corrected chi connectivity index (χ1v) is 6.65. The number of carbonyl (C=O) groups is 1. The molecule has 0 saturated heterocycles. The van der Waals surface area contributed by atoms with Crippen LogP contribution >= 0.6 is 0 Å². The number of nitrogens with one attached hydrogen (secondary N) is 1. The highest BCUT2D eigenvalue weighted by Gasteiger charge is 2.13. The van der Waals surface area contributed by atoms with Crippen molar-refractivity contribution in [1.82, 2.24) is 9.78 Å². The number of ether oxygens (including phenoxy) is 2. The molecule has 0 spiro atoms. The molecule has 6 nitrogen and oxygen atoms in total. The number of aromatic nitrogens is 2. The Morgan fingerprint density at radius 1 is 1.38 bits per heavy atom. The van der Waals surface area contributed by atoms with Crippen LogP contribution in [0.25, 0.3) is 0 Å². The summed E-state index contributed by atoms with van der Waals surface area (Å²) >= 11 is 0. The standard InChI is InChI=1S/C15H19N3O3/c1-11(18-8-4-7-16-18)9-15(19)17-13-10-12(20-2)5-6-14(13)21-3/h4-8,10-11H,9H2,1-3H3,(H,17,19). The second-order valence-corrected chi connectivity index (χ2v) is 4.65. The summed E-state index contributed by atoms with van der Waals surface area (Å²) in [6, 6.07) is 7.08. The van der Waals surface area contributed by atoms with Gasteiger partial charge in [0.25, 0.3) is 0 Å². The second kappa shape index (κ2) is 6.78. The van der Waals surface area contributed by atoms with Crippen molar-refractivity contribution in [1.29, 1.82) is 0 Å². The first-order valence-electron chi connectivity index (χ1n) is 6.65. The zero-order valence-electron chi connectivity index (χ0n) is 12.4. The topological polar surface area (TPSA) is 65.4 Å². The first kappa shape index (κ1) is 14.9. The van der Waals surface area contributed by atoms with E-state index in [-0.39, 0.29) is 11.9 Å². The summed E-state index contributed by atoms with van der Waals surface area (Å²) in [5.74, 6) is 1.15. The van der Waals surface area contributed by atoms with E-state index in [9.17, 15) is 4.79 Å². The van der Waals surface area contributed by atoms with E-state index in [1.807, 2.05) is 19.2 Å². The Hall–Kier alpha value is -2.50. The highest BCUT2D eigenvalue weighted by Crippen LogP contribution is 2.29. The molecule has 1 amide bonds. The van der Waals surface area contributed by atoms with Gasteiger partial charge in [0, 0.05) is 24.9 Å². The average Bonchev–Trinajstić information content (AvgIpc) is 3.01. The zero-order chi connectivity index (χ0) is 15.2. The van der Waals surface area contributed by atoms with Gasteiger partial charge in [0.2, 0.25) is 5.91 Å². The lowest BCUT2D eigenvalue weighted by Crippen LogP contribution is -2.18. The van der Waals surface area contributed by atoms with Crippen molar-refractivity contribution in [3.8, 4) is 11.5 Å². The van der Waals surface area contributed by atoms with Crippen LogP contribution in [-0.4, -0.2) is 29.9 Å². The van der Waals surface area contributed by atoms with Crippen molar-refractivity contribution < 1.29 is 14.3 Å². The first-order chi connectivity index (χ1) is 10.1. The largest absolute Gasteiger partial charge is 0.497 e. The van der Waals surface area contributed by atoms with Crippen molar-refractivity contribution in [3.05, 3.63) is 36.7 Å². The Morgan fingerprint density at radius 3 is 2.81 bits per heavy atom. The number of carbonyl (C=O) groups excluding carboxylic acids is 1. The predicted octanol–water partition coefficient (Wildman–Crippen LogP) is 2.49. The van der Waals surface area contributed by atoms with Gasteiger partial charge in [0.1, 0.15) is 11.5 Å². The van der Waals surface area contributed by atoms with Gasteiger partial charge in [-0.3, -0.25) is 9.48 Å². The zero-order valence-corrected chi connectivity index (χ0v) is 12.4. The minimum atomic E-state index is -0.107. The summed E-state index contributed by atoms with van der Waals surface area (Å²) in [5, 5.41) is 6.97. The van der Waals surface area contributed by atoms with E-state index in [0.29, 0.717) is 23.6 Å². The molecule has 1 heterocycles. The molecule has 1 aromatic carbocycles. The van der Waals surface area contributed by atoms with Crippen molar-refractivity contribution in [2.75, 3.05) is 19.5 Å². The maximum atomic E-state index is 12.1. The van der Waals surface area contributed by atoms with E-state index < -0.39 is 0 Å². The molecule has 0 aliphatic heterocycles. The molecule has 0 aliphatic carbocycles. The highest BCUT2D eigenvalue weighted by atomic mass is 16.5. The van der Waals surface area contributed by atoms with Gasteiger partial charge < -0.3 is 14.8 Å². The molecule has 0 saturated carbocycles.